The quantitative estimate of drug-likeness (QED) is 0.668. The van der Waals surface area contributed by atoms with Crippen LogP contribution in [-0.4, -0.2) is 58.0 Å². The number of nitrogens with zero attached hydrogens (tertiary/aromatic N) is 4. The molecule has 1 amide bonds. The molecule has 3 N–H and O–H groups in total. The third-order valence-corrected chi connectivity index (χ3v) is 5.77. The maximum Gasteiger partial charge on any atom is 0.421 e. The normalized spacial score (nSPS) is 22.8. The summed E-state index contributed by atoms with van der Waals surface area (Å²) in [5.41, 5.74) is 3.23. The number of amides is 1. The lowest BCUT2D eigenvalue weighted by molar-refractivity contribution is -0.137. The van der Waals surface area contributed by atoms with Crippen LogP contribution in [0.4, 0.5) is 24.9 Å². The predicted octanol–water partition coefficient (Wildman–Crippen LogP) is 2.40. The molecule has 0 aromatic carbocycles. The van der Waals surface area contributed by atoms with Crippen LogP contribution in [0.1, 0.15) is 38.2 Å². The second-order valence-corrected chi connectivity index (χ2v) is 8.00. The number of halogens is 3. The van der Waals surface area contributed by atoms with Gasteiger partial charge >= 0.3 is 6.18 Å². The molecule has 3 heterocycles. The highest BCUT2D eigenvalue weighted by Crippen LogP contribution is 2.34. The summed E-state index contributed by atoms with van der Waals surface area (Å²) in [6, 6.07) is 0.177. The van der Waals surface area contributed by atoms with Crippen molar-refractivity contribution in [2.45, 2.75) is 50.9 Å². The molecular formula is C19H26F3N7O. The number of anilines is 2. The molecule has 1 saturated heterocycles. The zero-order valence-corrected chi connectivity index (χ0v) is 17.0. The molecule has 8 nitrogen and oxygen atoms in total. The van der Waals surface area contributed by atoms with Crippen molar-refractivity contribution in [1.29, 1.82) is 0 Å². The Morgan fingerprint density at radius 3 is 2.53 bits per heavy atom. The number of hydrazine groups is 1. The summed E-state index contributed by atoms with van der Waals surface area (Å²) in [6.07, 6.45) is 1.93. The van der Waals surface area contributed by atoms with E-state index in [2.05, 4.69) is 26.0 Å². The largest absolute Gasteiger partial charge is 0.421 e. The Morgan fingerprint density at radius 2 is 1.93 bits per heavy atom. The van der Waals surface area contributed by atoms with Gasteiger partial charge in [-0.2, -0.15) is 18.2 Å². The smallest absolute Gasteiger partial charge is 0.372 e. The molecule has 3 aliphatic rings. The second-order valence-electron chi connectivity index (χ2n) is 8.00. The molecule has 0 bridgehead atoms. The van der Waals surface area contributed by atoms with Gasteiger partial charge in [0, 0.05) is 44.5 Å². The Labute approximate surface area is 172 Å². The predicted molar refractivity (Wildman–Crippen MR) is 105 cm³/mol. The van der Waals surface area contributed by atoms with E-state index in [4.69, 9.17) is 0 Å². The highest BCUT2D eigenvalue weighted by molar-refractivity contribution is 5.81. The van der Waals surface area contributed by atoms with Gasteiger partial charge in [-0.05, 0) is 32.6 Å². The minimum Gasteiger partial charge on any atom is -0.372 e. The summed E-state index contributed by atoms with van der Waals surface area (Å²) >= 11 is 0. The first kappa shape index (κ1) is 20.7. The van der Waals surface area contributed by atoms with Crippen LogP contribution in [0.2, 0.25) is 0 Å². The van der Waals surface area contributed by atoms with E-state index in [1.165, 1.54) is 7.05 Å². The topological polar surface area (TPSA) is 85.4 Å². The minimum atomic E-state index is -4.52. The maximum absolute atomic E-state index is 13.0. The average Bonchev–Trinajstić information content (AvgIpc) is 3.51. The first-order valence-corrected chi connectivity index (χ1v) is 10.2. The Bertz CT molecular complexity index is 832. The van der Waals surface area contributed by atoms with Crippen molar-refractivity contribution < 1.29 is 18.0 Å². The number of piperidine rings is 1. The number of hydrogen-bond acceptors (Lipinski definition) is 7. The van der Waals surface area contributed by atoms with Crippen molar-refractivity contribution in [2.24, 2.45) is 5.92 Å². The van der Waals surface area contributed by atoms with Crippen LogP contribution in [0.25, 0.3) is 0 Å². The van der Waals surface area contributed by atoms with Crippen LogP contribution in [0, 0.1) is 5.92 Å². The molecule has 1 unspecified atom stereocenters. The summed E-state index contributed by atoms with van der Waals surface area (Å²) in [6.45, 7) is 3.45. The average molecular weight is 425 g/mol. The minimum absolute atomic E-state index is 0.0694. The molecule has 2 fully saturated rings. The van der Waals surface area contributed by atoms with Crippen LogP contribution in [-0.2, 0) is 11.0 Å². The molecule has 164 valence electrons. The first-order valence-electron chi connectivity index (χ1n) is 10.2. The fourth-order valence-electron chi connectivity index (χ4n) is 3.87. The third-order valence-electron chi connectivity index (χ3n) is 5.77. The zero-order valence-electron chi connectivity index (χ0n) is 17.0. The fourth-order valence-corrected chi connectivity index (χ4v) is 3.87. The van der Waals surface area contributed by atoms with Gasteiger partial charge in [-0.15, -0.1) is 0 Å². The SMILES string of the molecule is CNc1nc(NC2=CN(C3CCN(C(=O)C4CC4)CC3)NC2C)ncc1C(F)(F)F. The summed E-state index contributed by atoms with van der Waals surface area (Å²) in [5.74, 6) is 0.352. The molecule has 1 aromatic heterocycles. The highest BCUT2D eigenvalue weighted by atomic mass is 19.4. The van der Waals surface area contributed by atoms with Crippen molar-refractivity contribution >= 4 is 17.7 Å². The fraction of sp³-hybridized carbons (Fsp3) is 0.632. The number of rotatable bonds is 5. The lowest BCUT2D eigenvalue weighted by Gasteiger charge is -2.37. The first-order chi connectivity index (χ1) is 14.3. The number of carbonyl (C=O) groups is 1. The van der Waals surface area contributed by atoms with Crippen molar-refractivity contribution in [1.82, 2.24) is 25.3 Å². The van der Waals surface area contributed by atoms with Crippen LogP contribution in [0.5, 0.6) is 0 Å². The number of likely N-dealkylation sites (tertiary alicyclic amines) is 1. The molecule has 1 saturated carbocycles. The van der Waals surface area contributed by atoms with E-state index in [1.807, 2.05) is 23.0 Å². The van der Waals surface area contributed by atoms with Gasteiger partial charge in [0.25, 0.3) is 0 Å². The molecule has 30 heavy (non-hydrogen) atoms. The van der Waals surface area contributed by atoms with Crippen molar-refractivity contribution in [2.75, 3.05) is 30.8 Å². The van der Waals surface area contributed by atoms with Crippen LogP contribution in [0.3, 0.4) is 0 Å². The van der Waals surface area contributed by atoms with E-state index in [-0.39, 0.29) is 35.7 Å². The van der Waals surface area contributed by atoms with E-state index >= 15 is 0 Å². The Morgan fingerprint density at radius 1 is 1.23 bits per heavy atom. The molecule has 1 atom stereocenters. The Balaban J connectivity index is 1.39. The number of aromatic nitrogens is 2. The van der Waals surface area contributed by atoms with Crippen LogP contribution < -0.4 is 16.1 Å². The van der Waals surface area contributed by atoms with Gasteiger partial charge in [0.15, 0.2) is 0 Å². The van der Waals surface area contributed by atoms with Gasteiger partial charge in [-0.3, -0.25) is 4.79 Å². The molecule has 2 aliphatic heterocycles. The van der Waals surface area contributed by atoms with E-state index in [0.717, 1.165) is 50.7 Å². The van der Waals surface area contributed by atoms with E-state index in [0.29, 0.717) is 0 Å². The number of hydrogen-bond donors (Lipinski definition) is 3. The van der Waals surface area contributed by atoms with E-state index in [1.54, 1.807) is 0 Å². The summed E-state index contributed by atoms with van der Waals surface area (Å²) in [7, 11) is 1.39. The summed E-state index contributed by atoms with van der Waals surface area (Å²) < 4.78 is 39.1. The Kier molecular flexibility index (Phi) is 5.48. The molecule has 11 heteroatoms. The number of nitrogens with one attached hydrogen (secondary N) is 3. The molecular weight excluding hydrogens is 399 g/mol. The summed E-state index contributed by atoms with van der Waals surface area (Å²) in [5, 5.41) is 7.52. The molecule has 0 spiro atoms. The maximum atomic E-state index is 13.0. The lowest BCUT2D eigenvalue weighted by Crippen LogP contribution is -2.49. The highest BCUT2D eigenvalue weighted by Gasteiger charge is 2.37. The lowest BCUT2D eigenvalue weighted by atomic mass is 10.0. The van der Waals surface area contributed by atoms with Gasteiger partial charge in [0.1, 0.15) is 11.4 Å². The van der Waals surface area contributed by atoms with E-state index in [9.17, 15) is 18.0 Å². The molecule has 1 aromatic rings. The van der Waals surface area contributed by atoms with Crippen LogP contribution >= 0.6 is 0 Å². The molecule has 4 rings (SSSR count). The molecule has 1 aliphatic carbocycles. The second kappa shape index (κ2) is 7.93. The van der Waals surface area contributed by atoms with Gasteiger partial charge in [-0.25, -0.2) is 10.4 Å². The Hall–Kier alpha value is -2.56. The third kappa shape index (κ3) is 4.30. The summed E-state index contributed by atoms with van der Waals surface area (Å²) in [4.78, 5) is 22.0. The van der Waals surface area contributed by atoms with Gasteiger partial charge in [0.2, 0.25) is 11.9 Å². The number of alkyl halides is 3. The number of carbonyl (C=O) groups excluding carboxylic acids is 1. The monoisotopic (exact) mass is 425 g/mol. The van der Waals surface area contributed by atoms with Crippen molar-refractivity contribution in [3.05, 3.63) is 23.7 Å². The van der Waals surface area contributed by atoms with Crippen molar-refractivity contribution in [3.63, 3.8) is 0 Å². The zero-order chi connectivity index (χ0) is 21.5. The van der Waals surface area contributed by atoms with Gasteiger partial charge < -0.3 is 20.5 Å². The van der Waals surface area contributed by atoms with Crippen LogP contribution in [0.15, 0.2) is 18.1 Å². The van der Waals surface area contributed by atoms with Gasteiger partial charge in [0.05, 0.1) is 11.7 Å². The molecule has 0 radical (unpaired) electrons. The van der Waals surface area contributed by atoms with Gasteiger partial charge in [-0.1, -0.05) is 0 Å². The van der Waals surface area contributed by atoms with E-state index < -0.39 is 11.7 Å². The van der Waals surface area contributed by atoms with Crippen molar-refractivity contribution in [3.8, 4) is 0 Å². The standard InChI is InChI=1S/C19H26F3N7O/c1-11-15(25-18-24-9-14(19(20,21)22)16(23-2)26-18)10-29(27-11)13-5-7-28(8-6-13)17(30)12-3-4-12/h9-13,27H,3-8H2,1-2H3,(H2,23,24,25,26).